The molecule has 1 atom stereocenters. The molecule has 4 rings (SSSR count). The molecule has 0 spiro atoms. The zero-order valence-electron chi connectivity index (χ0n) is 17.9. The van der Waals surface area contributed by atoms with Crippen LogP contribution in [0.3, 0.4) is 0 Å². The van der Waals surface area contributed by atoms with Crippen molar-refractivity contribution in [2.75, 3.05) is 10.6 Å². The standard InChI is InChI=1S/C25H20N6O2S/c26-16-18-10-7-13-20(14-18)27-24(33)28-21(15-17-8-3-1-4-9-17)22(32)29-25-31-30-23(34-25)19-11-5-2-6-12-19/h1-14,21H,15H2,(H2,27,28,33)(H,29,31,32)/t21-/m0/s1. The average molecular weight is 469 g/mol. The first-order valence-corrected chi connectivity index (χ1v) is 11.2. The monoisotopic (exact) mass is 468 g/mol. The Labute approximate surface area is 200 Å². The third kappa shape index (κ3) is 6.03. The van der Waals surface area contributed by atoms with Gasteiger partial charge in [0.25, 0.3) is 0 Å². The lowest BCUT2D eigenvalue weighted by atomic mass is 10.1. The van der Waals surface area contributed by atoms with Crippen LogP contribution in [0, 0.1) is 11.3 Å². The molecule has 0 radical (unpaired) electrons. The summed E-state index contributed by atoms with van der Waals surface area (Å²) in [4.78, 5) is 25.7. The van der Waals surface area contributed by atoms with Crippen molar-refractivity contribution in [1.82, 2.24) is 15.5 Å². The number of anilines is 2. The van der Waals surface area contributed by atoms with Gasteiger partial charge in [0.2, 0.25) is 11.0 Å². The summed E-state index contributed by atoms with van der Waals surface area (Å²) < 4.78 is 0. The molecular weight excluding hydrogens is 448 g/mol. The van der Waals surface area contributed by atoms with E-state index in [0.29, 0.717) is 21.4 Å². The van der Waals surface area contributed by atoms with Crippen LogP contribution in [0.1, 0.15) is 11.1 Å². The van der Waals surface area contributed by atoms with Gasteiger partial charge in [-0.05, 0) is 23.8 Å². The van der Waals surface area contributed by atoms with Crippen molar-refractivity contribution in [3.8, 4) is 16.6 Å². The second-order valence-electron chi connectivity index (χ2n) is 7.30. The molecular formula is C25H20N6O2S. The number of hydrogen-bond donors (Lipinski definition) is 3. The summed E-state index contributed by atoms with van der Waals surface area (Å²) in [5.41, 5.74) is 2.66. The van der Waals surface area contributed by atoms with E-state index in [1.54, 1.807) is 24.3 Å². The molecule has 3 amide bonds. The second kappa shape index (κ2) is 10.8. The maximum atomic E-state index is 13.1. The van der Waals surface area contributed by atoms with Gasteiger partial charge in [0.05, 0.1) is 11.6 Å². The summed E-state index contributed by atoms with van der Waals surface area (Å²) in [6, 6.07) is 26.1. The van der Waals surface area contributed by atoms with Crippen LogP contribution in [-0.2, 0) is 11.2 Å². The maximum Gasteiger partial charge on any atom is 0.319 e. The Balaban J connectivity index is 1.47. The molecule has 3 aromatic carbocycles. The van der Waals surface area contributed by atoms with Crippen molar-refractivity contribution in [1.29, 1.82) is 5.26 Å². The molecule has 4 aromatic rings. The van der Waals surface area contributed by atoms with E-state index in [9.17, 15) is 9.59 Å². The minimum absolute atomic E-state index is 0.280. The van der Waals surface area contributed by atoms with Crippen LogP contribution in [0.5, 0.6) is 0 Å². The molecule has 0 saturated carbocycles. The van der Waals surface area contributed by atoms with Gasteiger partial charge >= 0.3 is 6.03 Å². The van der Waals surface area contributed by atoms with Gasteiger partial charge in [-0.2, -0.15) is 5.26 Å². The van der Waals surface area contributed by atoms with Crippen LogP contribution in [0.2, 0.25) is 0 Å². The number of carbonyl (C=O) groups is 2. The van der Waals surface area contributed by atoms with Crippen LogP contribution >= 0.6 is 11.3 Å². The normalized spacial score (nSPS) is 11.1. The third-order valence-corrected chi connectivity index (χ3v) is 5.72. The van der Waals surface area contributed by atoms with Gasteiger partial charge in [0.1, 0.15) is 11.0 Å². The molecule has 0 aliphatic heterocycles. The first kappa shape index (κ1) is 22.6. The minimum Gasteiger partial charge on any atom is -0.326 e. The minimum atomic E-state index is -0.870. The molecule has 3 N–H and O–H groups in total. The van der Waals surface area contributed by atoms with E-state index in [4.69, 9.17) is 5.26 Å². The first-order valence-electron chi connectivity index (χ1n) is 10.4. The van der Waals surface area contributed by atoms with Crippen molar-refractivity contribution in [2.45, 2.75) is 12.5 Å². The molecule has 168 valence electrons. The van der Waals surface area contributed by atoms with Crippen LogP contribution < -0.4 is 16.0 Å². The Morgan fingerprint density at radius 3 is 2.38 bits per heavy atom. The van der Waals surface area contributed by atoms with Gasteiger partial charge in [0.15, 0.2) is 0 Å². The Hall–Kier alpha value is -4.55. The smallest absolute Gasteiger partial charge is 0.319 e. The predicted molar refractivity (Wildman–Crippen MR) is 131 cm³/mol. The number of aromatic nitrogens is 2. The Morgan fingerprint density at radius 2 is 1.65 bits per heavy atom. The lowest BCUT2D eigenvalue weighted by Crippen LogP contribution is -2.46. The van der Waals surface area contributed by atoms with Crippen molar-refractivity contribution < 1.29 is 9.59 Å². The molecule has 9 heteroatoms. The summed E-state index contributed by atoms with van der Waals surface area (Å²) in [6.07, 6.45) is 0.280. The number of carbonyl (C=O) groups excluding carboxylic acids is 2. The van der Waals surface area contributed by atoms with Crippen LogP contribution in [0.15, 0.2) is 84.9 Å². The SMILES string of the molecule is N#Cc1cccc(NC(=O)N[C@@H](Cc2ccccc2)C(=O)Nc2nnc(-c3ccccc3)s2)c1. The van der Waals surface area contributed by atoms with E-state index in [1.165, 1.54) is 11.3 Å². The summed E-state index contributed by atoms with van der Waals surface area (Å²) in [7, 11) is 0. The van der Waals surface area contributed by atoms with Crippen molar-refractivity contribution in [3.05, 3.63) is 96.1 Å². The van der Waals surface area contributed by atoms with Crippen molar-refractivity contribution >= 4 is 34.1 Å². The van der Waals surface area contributed by atoms with E-state index in [2.05, 4.69) is 26.1 Å². The van der Waals surface area contributed by atoms with Gasteiger partial charge < -0.3 is 10.6 Å². The number of amides is 3. The Bertz CT molecular complexity index is 1320. The van der Waals surface area contributed by atoms with E-state index in [1.807, 2.05) is 66.7 Å². The van der Waals surface area contributed by atoms with Gasteiger partial charge in [-0.1, -0.05) is 78.1 Å². The lowest BCUT2D eigenvalue weighted by molar-refractivity contribution is -0.117. The second-order valence-corrected chi connectivity index (χ2v) is 8.28. The maximum absolute atomic E-state index is 13.1. The first-order chi connectivity index (χ1) is 16.6. The number of benzene rings is 3. The number of urea groups is 1. The van der Waals surface area contributed by atoms with E-state index < -0.39 is 18.0 Å². The number of hydrogen-bond acceptors (Lipinski definition) is 6. The fourth-order valence-electron chi connectivity index (χ4n) is 3.21. The molecule has 1 heterocycles. The fourth-order valence-corrected chi connectivity index (χ4v) is 3.97. The lowest BCUT2D eigenvalue weighted by Gasteiger charge is -2.18. The molecule has 8 nitrogen and oxygen atoms in total. The van der Waals surface area contributed by atoms with Gasteiger partial charge in [-0.15, -0.1) is 10.2 Å². The Kier molecular flexibility index (Phi) is 7.22. The van der Waals surface area contributed by atoms with Crippen molar-refractivity contribution in [3.63, 3.8) is 0 Å². The summed E-state index contributed by atoms with van der Waals surface area (Å²) in [6.45, 7) is 0. The highest BCUT2D eigenvalue weighted by molar-refractivity contribution is 7.18. The molecule has 0 fully saturated rings. The average Bonchev–Trinajstić information content (AvgIpc) is 3.33. The number of rotatable bonds is 7. The highest BCUT2D eigenvalue weighted by atomic mass is 32.1. The van der Waals surface area contributed by atoms with Crippen LogP contribution in [0.4, 0.5) is 15.6 Å². The molecule has 1 aromatic heterocycles. The molecule has 0 bridgehead atoms. The molecule has 0 aliphatic carbocycles. The van der Waals surface area contributed by atoms with Gasteiger partial charge in [-0.25, -0.2) is 4.79 Å². The fraction of sp³-hybridized carbons (Fsp3) is 0.0800. The number of nitrogens with one attached hydrogen (secondary N) is 3. The van der Waals surface area contributed by atoms with Crippen LogP contribution in [-0.4, -0.2) is 28.2 Å². The van der Waals surface area contributed by atoms with Gasteiger partial charge in [-0.3, -0.25) is 10.1 Å². The molecule has 0 saturated heterocycles. The van der Waals surface area contributed by atoms with E-state index in [0.717, 1.165) is 11.1 Å². The third-order valence-electron chi connectivity index (χ3n) is 4.83. The van der Waals surface area contributed by atoms with Crippen LogP contribution in [0.25, 0.3) is 10.6 Å². The van der Waals surface area contributed by atoms with Gasteiger partial charge in [0, 0.05) is 17.7 Å². The van der Waals surface area contributed by atoms with Crippen molar-refractivity contribution in [2.24, 2.45) is 0 Å². The topological polar surface area (TPSA) is 120 Å². The molecule has 0 aliphatic rings. The highest BCUT2D eigenvalue weighted by Crippen LogP contribution is 2.26. The zero-order chi connectivity index (χ0) is 23.8. The predicted octanol–water partition coefficient (Wildman–Crippen LogP) is 4.45. The quantitative estimate of drug-likeness (QED) is 0.370. The number of nitrogens with zero attached hydrogens (tertiary/aromatic N) is 3. The zero-order valence-corrected chi connectivity index (χ0v) is 18.8. The number of nitriles is 1. The summed E-state index contributed by atoms with van der Waals surface area (Å²) in [5.74, 6) is -0.416. The summed E-state index contributed by atoms with van der Waals surface area (Å²) >= 11 is 1.25. The van der Waals surface area contributed by atoms with E-state index >= 15 is 0 Å². The largest absolute Gasteiger partial charge is 0.326 e. The highest BCUT2D eigenvalue weighted by Gasteiger charge is 2.23. The molecule has 0 unspecified atom stereocenters. The van der Waals surface area contributed by atoms with E-state index in [-0.39, 0.29) is 6.42 Å². The summed E-state index contributed by atoms with van der Waals surface area (Å²) in [5, 5.41) is 26.4. The molecule has 34 heavy (non-hydrogen) atoms. The Morgan fingerprint density at radius 1 is 0.912 bits per heavy atom.